The van der Waals surface area contributed by atoms with E-state index < -0.39 is 10.0 Å². The van der Waals surface area contributed by atoms with E-state index in [4.69, 9.17) is 9.47 Å². The molecule has 162 valence electrons. The van der Waals surface area contributed by atoms with Crippen molar-refractivity contribution in [3.63, 3.8) is 0 Å². The number of ether oxygens (including phenoxy) is 2. The number of rotatable bonds is 7. The smallest absolute Gasteiger partial charge is 0.263 e. The Morgan fingerprint density at radius 2 is 1.56 bits per heavy atom. The van der Waals surface area contributed by atoms with E-state index in [0.29, 0.717) is 28.2 Å². The molecule has 0 amide bonds. The molecule has 0 radical (unpaired) electrons. The molecule has 0 aliphatic heterocycles. The number of nitrogens with one attached hydrogen (secondary N) is 2. The van der Waals surface area contributed by atoms with Gasteiger partial charge in [-0.3, -0.25) is 4.72 Å². The summed E-state index contributed by atoms with van der Waals surface area (Å²) in [7, 11) is 1.03. The summed E-state index contributed by atoms with van der Waals surface area (Å²) < 4.78 is 39.4. The first kappa shape index (κ1) is 21.4. The number of hydrogen-bond acceptors (Lipinski definition) is 7. The molecule has 10 heteroatoms. The predicted octanol–water partition coefficient (Wildman–Crippen LogP) is 2.45. The molecule has 3 aromatic carbocycles. The number of fused-ring (bicyclic) bond motifs is 1. The van der Waals surface area contributed by atoms with Crippen molar-refractivity contribution < 1.29 is 17.9 Å². The van der Waals surface area contributed by atoms with E-state index in [1.165, 1.54) is 6.07 Å². The van der Waals surface area contributed by atoms with E-state index in [1.54, 1.807) is 56.7 Å². The van der Waals surface area contributed by atoms with Gasteiger partial charge in [-0.05, 0) is 36.4 Å². The van der Waals surface area contributed by atoms with E-state index in [1.807, 2.05) is 26.0 Å². The number of aromatic nitrogens is 2. The van der Waals surface area contributed by atoms with Gasteiger partial charge in [0, 0.05) is 6.07 Å². The Morgan fingerprint density at radius 1 is 0.844 bits per heavy atom. The second-order valence-electron chi connectivity index (χ2n) is 7.02. The topological polar surface area (TPSA) is 102 Å². The lowest BCUT2D eigenvalue weighted by molar-refractivity contribution is 0.405. The normalized spacial score (nSPS) is 11.2. The third kappa shape index (κ3) is 4.45. The van der Waals surface area contributed by atoms with E-state index in [9.17, 15) is 8.42 Å². The summed E-state index contributed by atoms with van der Waals surface area (Å²) in [6.45, 7) is 0. The molecule has 1 heterocycles. The van der Waals surface area contributed by atoms with Gasteiger partial charge in [-0.1, -0.05) is 29.7 Å². The number of benzene rings is 3. The summed E-state index contributed by atoms with van der Waals surface area (Å²) in [6.07, 6.45) is 0. The largest absolute Gasteiger partial charge is 0.497 e. The van der Waals surface area contributed by atoms with Crippen molar-refractivity contribution in [2.75, 3.05) is 24.3 Å². The Labute approximate surface area is 187 Å². The number of para-hydroxylation sites is 2. The molecule has 0 fully saturated rings. The van der Waals surface area contributed by atoms with Gasteiger partial charge in [0.25, 0.3) is 10.0 Å². The lowest BCUT2D eigenvalue weighted by Gasteiger charge is -2.16. The van der Waals surface area contributed by atoms with Gasteiger partial charge in [0.15, 0.2) is 11.6 Å². The van der Waals surface area contributed by atoms with Crippen LogP contribution >= 0.6 is 0 Å². The third-order valence-corrected chi connectivity index (χ3v) is 6.10. The molecule has 0 aliphatic carbocycles. The van der Waals surface area contributed by atoms with Gasteiger partial charge in [-0.2, -0.15) is 0 Å². The molecule has 0 unspecified atom stereocenters. The highest BCUT2D eigenvalue weighted by Gasteiger charge is 2.20. The first-order chi connectivity index (χ1) is 15.4. The van der Waals surface area contributed by atoms with E-state index in [2.05, 4.69) is 20.0 Å². The Kier molecular flexibility index (Phi) is 5.87. The number of anilines is 3. The lowest BCUT2D eigenvalue weighted by Crippen LogP contribution is -2.17. The summed E-state index contributed by atoms with van der Waals surface area (Å²) in [5.74, 6) is 1.43. The first-order valence-corrected chi connectivity index (χ1v) is 11.2. The quantitative estimate of drug-likeness (QED) is 0.419. The zero-order valence-corrected chi connectivity index (χ0v) is 18.6. The standard InChI is InChI=1S/C22H21BN4O4S/c1-30-15-10-11-20(31-2)19(13-15)26-21-22(25-18-9-4-3-8-17(18)24-21)27-32(28,29)16-7-5-6-14(23)12-16/h3-13H,23H2,1-2H3,(H,24,26)(H,25,27). The minimum atomic E-state index is -3.90. The fourth-order valence-corrected chi connectivity index (χ4v) is 4.28. The Balaban J connectivity index is 1.81. The van der Waals surface area contributed by atoms with Gasteiger partial charge in [-0.15, -0.1) is 0 Å². The minimum absolute atomic E-state index is 0.0649. The van der Waals surface area contributed by atoms with Gasteiger partial charge in [0.05, 0.1) is 35.8 Å². The van der Waals surface area contributed by atoms with Crippen LogP contribution in [0.15, 0.2) is 71.6 Å². The molecule has 2 N–H and O–H groups in total. The van der Waals surface area contributed by atoms with Crippen molar-refractivity contribution >= 4 is 51.7 Å². The average Bonchev–Trinajstić information content (AvgIpc) is 2.79. The van der Waals surface area contributed by atoms with Crippen LogP contribution in [0.3, 0.4) is 0 Å². The summed E-state index contributed by atoms with van der Waals surface area (Å²) >= 11 is 0. The average molecular weight is 448 g/mol. The molecule has 1 aromatic heterocycles. The van der Waals surface area contributed by atoms with Crippen LogP contribution in [-0.4, -0.2) is 40.5 Å². The summed E-state index contributed by atoms with van der Waals surface area (Å²) in [6, 6.07) is 19.1. The van der Waals surface area contributed by atoms with Gasteiger partial charge in [0.2, 0.25) is 0 Å². The highest BCUT2D eigenvalue weighted by Crippen LogP contribution is 2.34. The monoisotopic (exact) mass is 448 g/mol. The van der Waals surface area contributed by atoms with Crippen molar-refractivity contribution in [3.05, 3.63) is 66.7 Å². The van der Waals surface area contributed by atoms with Crippen LogP contribution in [0.5, 0.6) is 11.5 Å². The zero-order chi connectivity index (χ0) is 22.7. The van der Waals surface area contributed by atoms with Crippen molar-refractivity contribution in [1.29, 1.82) is 0 Å². The lowest BCUT2D eigenvalue weighted by atomic mass is 9.97. The van der Waals surface area contributed by atoms with Gasteiger partial charge in [0.1, 0.15) is 19.3 Å². The number of hydrogen-bond donors (Lipinski definition) is 2. The molecule has 8 nitrogen and oxygen atoms in total. The van der Waals surface area contributed by atoms with E-state index >= 15 is 0 Å². The van der Waals surface area contributed by atoms with Crippen LogP contribution < -0.4 is 25.0 Å². The maximum atomic E-state index is 13.1. The molecule has 0 spiro atoms. The molecular formula is C22H21BN4O4S. The van der Waals surface area contributed by atoms with E-state index in [0.717, 1.165) is 5.46 Å². The molecular weight excluding hydrogens is 427 g/mol. The second kappa shape index (κ2) is 8.76. The van der Waals surface area contributed by atoms with E-state index in [-0.39, 0.29) is 16.5 Å². The molecule has 0 aliphatic rings. The molecule has 0 atom stereocenters. The molecule has 0 saturated carbocycles. The van der Waals surface area contributed by atoms with Crippen LogP contribution in [0.4, 0.5) is 17.3 Å². The van der Waals surface area contributed by atoms with Crippen molar-refractivity contribution in [2.45, 2.75) is 4.90 Å². The summed E-state index contributed by atoms with van der Waals surface area (Å²) in [4.78, 5) is 9.25. The molecule has 4 aromatic rings. The fraction of sp³-hybridized carbons (Fsp3) is 0.0909. The third-order valence-electron chi connectivity index (χ3n) is 4.76. The van der Waals surface area contributed by atoms with Crippen LogP contribution in [0.1, 0.15) is 0 Å². The molecule has 0 saturated heterocycles. The number of methoxy groups -OCH3 is 2. The first-order valence-electron chi connectivity index (χ1n) is 9.75. The molecule has 4 rings (SSSR count). The Hall–Kier alpha value is -3.79. The van der Waals surface area contributed by atoms with Crippen LogP contribution in [0.2, 0.25) is 0 Å². The minimum Gasteiger partial charge on any atom is -0.497 e. The fourth-order valence-electron chi connectivity index (χ4n) is 3.17. The Bertz CT molecular complexity index is 1400. The number of nitrogens with zero attached hydrogens (tertiary/aromatic N) is 2. The maximum Gasteiger partial charge on any atom is 0.263 e. The van der Waals surface area contributed by atoms with Crippen LogP contribution in [0, 0.1) is 0 Å². The highest BCUT2D eigenvalue weighted by molar-refractivity contribution is 7.92. The van der Waals surface area contributed by atoms with Gasteiger partial charge < -0.3 is 14.8 Å². The molecule has 0 bridgehead atoms. The van der Waals surface area contributed by atoms with Crippen LogP contribution in [0.25, 0.3) is 11.0 Å². The van der Waals surface area contributed by atoms with Crippen LogP contribution in [-0.2, 0) is 10.0 Å². The van der Waals surface area contributed by atoms with Gasteiger partial charge in [-0.25, -0.2) is 18.4 Å². The summed E-state index contributed by atoms with van der Waals surface area (Å²) in [5, 5.41) is 3.14. The Morgan fingerprint density at radius 3 is 2.22 bits per heavy atom. The predicted molar refractivity (Wildman–Crippen MR) is 128 cm³/mol. The summed E-state index contributed by atoms with van der Waals surface area (Å²) in [5.41, 5.74) is 2.54. The number of sulfonamides is 1. The van der Waals surface area contributed by atoms with Crippen molar-refractivity contribution in [3.8, 4) is 11.5 Å². The van der Waals surface area contributed by atoms with Crippen molar-refractivity contribution in [1.82, 2.24) is 9.97 Å². The van der Waals surface area contributed by atoms with Gasteiger partial charge >= 0.3 is 0 Å². The second-order valence-corrected chi connectivity index (χ2v) is 8.71. The zero-order valence-electron chi connectivity index (χ0n) is 17.8. The maximum absolute atomic E-state index is 13.1. The SMILES string of the molecule is Bc1cccc(S(=O)(=O)Nc2nc3ccccc3nc2Nc2cc(OC)ccc2OC)c1. The van der Waals surface area contributed by atoms with Crippen molar-refractivity contribution in [2.24, 2.45) is 0 Å². The highest BCUT2D eigenvalue weighted by atomic mass is 32.2. The molecule has 32 heavy (non-hydrogen) atoms.